The fourth-order valence-electron chi connectivity index (χ4n) is 2.97. The van der Waals surface area contributed by atoms with Crippen molar-refractivity contribution in [3.63, 3.8) is 0 Å². The predicted molar refractivity (Wildman–Crippen MR) is 90.4 cm³/mol. The Hall–Kier alpha value is -2.14. The third-order valence-electron chi connectivity index (χ3n) is 4.64. The molecule has 3 rings (SSSR count). The molecule has 122 valence electrons. The van der Waals surface area contributed by atoms with Gasteiger partial charge >= 0.3 is 0 Å². The summed E-state index contributed by atoms with van der Waals surface area (Å²) in [6.45, 7) is 5.81. The Balaban J connectivity index is 1.71. The van der Waals surface area contributed by atoms with Gasteiger partial charge in [0.25, 0.3) is 5.91 Å². The summed E-state index contributed by atoms with van der Waals surface area (Å²) in [7, 11) is 1.86. The van der Waals surface area contributed by atoms with Crippen LogP contribution in [0.25, 0.3) is 0 Å². The first-order valence-electron chi connectivity index (χ1n) is 8.16. The minimum atomic E-state index is -0.00851. The number of carbonyl (C=O) groups is 1. The number of carbonyl (C=O) groups excluding carboxylic acids is 1. The zero-order valence-corrected chi connectivity index (χ0v) is 14.0. The number of nitrogens with zero attached hydrogens (tertiary/aromatic N) is 2. The highest BCUT2D eigenvalue weighted by atomic mass is 16.2. The van der Waals surface area contributed by atoms with Crippen LogP contribution in [0.1, 0.15) is 39.8 Å². The third-order valence-corrected chi connectivity index (χ3v) is 4.64. The number of hydrogen-bond acceptors (Lipinski definition) is 3. The number of aromatic nitrogens is 2. The molecule has 1 unspecified atom stereocenters. The van der Waals surface area contributed by atoms with E-state index < -0.39 is 0 Å². The summed E-state index contributed by atoms with van der Waals surface area (Å²) in [5, 5.41) is 10.6. The Morgan fingerprint density at radius 3 is 2.83 bits per heavy atom. The normalized spacial score (nSPS) is 15.1. The molecule has 0 saturated heterocycles. The molecule has 0 radical (unpaired) electrons. The number of aromatic amines is 1. The number of H-pyrrole nitrogens is 1. The van der Waals surface area contributed by atoms with E-state index in [4.69, 9.17) is 0 Å². The molecule has 1 aliphatic heterocycles. The first-order chi connectivity index (χ1) is 11.1. The van der Waals surface area contributed by atoms with Crippen LogP contribution < -0.4 is 5.32 Å². The quantitative estimate of drug-likeness (QED) is 0.908. The van der Waals surface area contributed by atoms with Gasteiger partial charge in [0.15, 0.2) is 5.69 Å². The van der Waals surface area contributed by atoms with Crippen molar-refractivity contribution in [3.8, 4) is 0 Å². The Morgan fingerprint density at radius 1 is 1.35 bits per heavy atom. The number of likely N-dealkylation sites (N-methyl/N-ethyl adjacent to an activating group) is 1. The van der Waals surface area contributed by atoms with Gasteiger partial charge in [-0.3, -0.25) is 9.89 Å². The zero-order valence-electron chi connectivity index (χ0n) is 14.0. The van der Waals surface area contributed by atoms with Crippen LogP contribution in [0.2, 0.25) is 0 Å². The summed E-state index contributed by atoms with van der Waals surface area (Å²) in [5.74, 6) is -0.00851. The van der Waals surface area contributed by atoms with Gasteiger partial charge in [0.2, 0.25) is 0 Å². The number of nitrogens with one attached hydrogen (secondary N) is 2. The van der Waals surface area contributed by atoms with Crippen LogP contribution in [0.5, 0.6) is 0 Å². The molecule has 0 saturated carbocycles. The Labute approximate surface area is 137 Å². The number of benzene rings is 1. The van der Waals surface area contributed by atoms with Gasteiger partial charge in [-0.1, -0.05) is 29.8 Å². The lowest BCUT2D eigenvalue weighted by atomic mass is 10.0. The number of hydrogen-bond donors (Lipinski definition) is 2. The van der Waals surface area contributed by atoms with Crippen LogP contribution in [-0.4, -0.2) is 40.6 Å². The van der Waals surface area contributed by atoms with E-state index in [1.807, 2.05) is 7.05 Å². The second-order valence-electron chi connectivity index (χ2n) is 6.41. The second kappa shape index (κ2) is 6.54. The Morgan fingerprint density at radius 2 is 2.09 bits per heavy atom. The smallest absolute Gasteiger partial charge is 0.274 e. The maximum absolute atomic E-state index is 12.8. The number of rotatable bonds is 4. The largest absolute Gasteiger partial charge is 0.337 e. The molecule has 0 bridgehead atoms. The van der Waals surface area contributed by atoms with Crippen molar-refractivity contribution >= 4 is 5.91 Å². The van der Waals surface area contributed by atoms with Crippen molar-refractivity contribution in [3.05, 3.63) is 52.3 Å². The molecular formula is C18H24N4O. The van der Waals surface area contributed by atoms with E-state index in [1.54, 1.807) is 4.90 Å². The van der Waals surface area contributed by atoms with Crippen molar-refractivity contribution in [2.75, 3.05) is 13.6 Å². The standard InChI is InChI=1S/C18H24N4O/c1-12-4-6-14(7-5-12)10-13(2)22(3)18(23)17-15-11-19-9-8-16(15)20-21-17/h4-7,13,19H,8-11H2,1-3H3,(H,20,21). The van der Waals surface area contributed by atoms with Gasteiger partial charge in [-0.05, 0) is 25.8 Å². The lowest BCUT2D eigenvalue weighted by Crippen LogP contribution is -2.37. The van der Waals surface area contributed by atoms with Gasteiger partial charge in [0.05, 0.1) is 0 Å². The molecular weight excluding hydrogens is 288 g/mol. The van der Waals surface area contributed by atoms with Crippen molar-refractivity contribution in [2.24, 2.45) is 0 Å². The van der Waals surface area contributed by atoms with E-state index >= 15 is 0 Å². The van der Waals surface area contributed by atoms with Crippen LogP contribution in [-0.2, 0) is 19.4 Å². The van der Waals surface area contributed by atoms with E-state index in [1.165, 1.54) is 11.1 Å². The number of aryl methyl sites for hydroxylation is 1. The molecule has 2 aromatic rings. The first kappa shape index (κ1) is 15.7. The van der Waals surface area contributed by atoms with E-state index in [0.717, 1.165) is 30.6 Å². The van der Waals surface area contributed by atoms with Crippen LogP contribution in [0, 0.1) is 6.92 Å². The summed E-state index contributed by atoms with van der Waals surface area (Å²) >= 11 is 0. The lowest BCUT2D eigenvalue weighted by molar-refractivity contribution is 0.0736. The molecule has 0 spiro atoms. The molecule has 0 aliphatic carbocycles. The minimum absolute atomic E-state index is 0.00851. The van der Waals surface area contributed by atoms with Gasteiger partial charge in [-0.15, -0.1) is 0 Å². The Kier molecular flexibility index (Phi) is 4.48. The molecule has 1 amide bonds. The summed E-state index contributed by atoms with van der Waals surface area (Å²) in [4.78, 5) is 14.6. The van der Waals surface area contributed by atoms with Crippen molar-refractivity contribution in [1.29, 1.82) is 0 Å². The van der Waals surface area contributed by atoms with Gasteiger partial charge in [-0.25, -0.2) is 0 Å². The fraction of sp³-hybridized carbons (Fsp3) is 0.444. The Bertz CT molecular complexity index is 690. The van der Waals surface area contributed by atoms with Crippen LogP contribution >= 0.6 is 0 Å². The summed E-state index contributed by atoms with van der Waals surface area (Å²) in [6, 6.07) is 8.60. The maximum atomic E-state index is 12.8. The van der Waals surface area contributed by atoms with Crippen molar-refractivity contribution in [2.45, 2.75) is 39.3 Å². The minimum Gasteiger partial charge on any atom is -0.337 e. The highest BCUT2D eigenvalue weighted by Gasteiger charge is 2.26. The van der Waals surface area contributed by atoms with Crippen molar-refractivity contribution in [1.82, 2.24) is 20.4 Å². The topological polar surface area (TPSA) is 61.0 Å². The molecule has 1 aromatic carbocycles. The second-order valence-corrected chi connectivity index (χ2v) is 6.41. The van der Waals surface area contributed by atoms with E-state index in [-0.39, 0.29) is 11.9 Å². The lowest BCUT2D eigenvalue weighted by Gasteiger charge is -2.25. The van der Waals surface area contributed by atoms with Gasteiger partial charge in [-0.2, -0.15) is 5.10 Å². The van der Waals surface area contributed by atoms with Gasteiger partial charge < -0.3 is 10.2 Å². The monoisotopic (exact) mass is 312 g/mol. The van der Waals surface area contributed by atoms with E-state index in [9.17, 15) is 4.79 Å². The zero-order chi connectivity index (χ0) is 16.4. The molecule has 1 aromatic heterocycles. The van der Waals surface area contributed by atoms with Gasteiger partial charge in [0.1, 0.15) is 0 Å². The van der Waals surface area contributed by atoms with Crippen molar-refractivity contribution < 1.29 is 4.79 Å². The summed E-state index contributed by atoms with van der Waals surface area (Å²) in [6.07, 6.45) is 1.74. The molecule has 23 heavy (non-hydrogen) atoms. The molecule has 2 heterocycles. The fourth-order valence-corrected chi connectivity index (χ4v) is 2.97. The number of fused-ring (bicyclic) bond motifs is 1. The van der Waals surface area contributed by atoms with Crippen LogP contribution in [0.4, 0.5) is 0 Å². The summed E-state index contributed by atoms with van der Waals surface area (Å²) < 4.78 is 0. The van der Waals surface area contributed by atoms with E-state index in [0.29, 0.717) is 12.2 Å². The molecule has 1 atom stereocenters. The number of amides is 1. The third kappa shape index (κ3) is 3.29. The van der Waals surface area contributed by atoms with E-state index in [2.05, 4.69) is 53.6 Å². The average Bonchev–Trinajstić information content (AvgIpc) is 2.99. The SMILES string of the molecule is Cc1ccc(CC(C)N(C)C(=O)c2n[nH]c3c2CNCC3)cc1. The van der Waals surface area contributed by atoms with Crippen LogP contribution in [0.15, 0.2) is 24.3 Å². The first-order valence-corrected chi connectivity index (χ1v) is 8.16. The molecule has 1 aliphatic rings. The maximum Gasteiger partial charge on any atom is 0.274 e. The van der Waals surface area contributed by atoms with Crippen LogP contribution in [0.3, 0.4) is 0 Å². The average molecular weight is 312 g/mol. The molecule has 5 heteroatoms. The van der Waals surface area contributed by atoms with Gasteiger partial charge in [0, 0.05) is 43.9 Å². The highest BCUT2D eigenvalue weighted by Crippen LogP contribution is 2.18. The molecule has 2 N–H and O–H groups in total. The molecule has 0 fully saturated rings. The predicted octanol–water partition coefficient (Wildman–Crippen LogP) is 2.07. The molecule has 5 nitrogen and oxygen atoms in total. The highest BCUT2D eigenvalue weighted by molar-refractivity contribution is 5.94. The summed E-state index contributed by atoms with van der Waals surface area (Å²) in [5.41, 5.74) is 5.17.